The molecule has 0 aliphatic carbocycles. The molecule has 1 N–H and O–H groups in total. The van der Waals surface area contributed by atoms with E-state index in [1.165, 1.54) is 4.57 Å². The van der Waals surface area contributed by atoms with Crippen LogP contribution in [0.3, 0.4) is 0 Å². The first-order valence-electron chi connectivity index (χ1n) is 7.23. The summed E-state index contributed by atoms with van der Waals surface area (Å²) in [7, 11) is 0. The zero-order chi connectivity index (χ0) is 16.1. The van der Waals surface area contributed by atoms with E-state index in [4.69, 9.17) is 4.74 Å². The van der Waals surface area contributed by atoms with Gasteiger partial charge in [0.2, 0.25) is 0 Å². The molecule has 1 heterocycles. The second kappa shape index (κ2) is 7.56. The number of H-pyrrole nitrogens is 1. The topological polar surface area (TPSA) is 64.1 Å². The smallest absolute Gasteiger partial charge is 0.330 e. The Morgan fingerprint density at radius 2 is 2.05 bits per heavy atom. The molecular weight excluding hydrogens is 348 g/mol. The minimum absolute atomic E-state index is 0.141. The van der Waals surface area contributed by atoms with Crippen LogP contribution in [0.15, 0.2) is 38.3 Å². The molecule has 2 rings (SSSR count). The van der Waals surface area contributed by atoms with Crippen LogP contribution in [0.4, 0.5) is 0 Å². The van der Waals surface area contributed by atoms with E-state index in [0.29, 0.717) is 30.7 Å². The minimum atomic E-state index is -0.430. The Balaban J connectivity index is 2.55. The summed E-state index contributed by atoms with van der Waals surface area (Å²) in [6.07, 6.45) is 1.07. The maximum absolute atomic E-state index is 12.1. The maximum atomic E-state index is 12.1. The largest absolute Gasteiger partial charge is 0.361 e. The third kappa shape index (κ3) is 3.75. The van der Waals surface area contributed by atoms with Gasteiger partial charge in [-0.05, 0) is 31.0 Å². The molecule has 5 nitrogen and oxygen atoms in total. The van der Waals surface area contributed by atoms with Gasteiger partial charge in [0.15, 0.2) is 0 Å². The number of hydrogen-bond acceptors (Lipinski definition) is 3. The Hall–Kier alpha value is -1.66. The summed E-state index contributed by atoms with van der Waals surface area (Å²) >= 11 is 3.44. The van der Waals surface area contributed by atoms with Crippen LogP contribution in [0.25, 0.3) is 0 Å². The quantitative estimate of drug-likeness (QED) is 0.853. The molecule has 0 amide bonds. The first-order valence-corrected chi connectivity index (χ1v) is 8.03. The molecule has 0 radical (unpaired) electrons. The predicted molar refractivity (Wildman–Crippen MR) is 89.3 cm³/mol. The van der Waals surface area contributed by atoms with Crippen LogP contribution in [-0.2, 0) is 24.3 Å². The zero-order valence-corrected chi connectivity index (χ0v) is 14.3. The number of nitrogens with zero attached hydrogens (tertiary/aromatic N) is 1. The first kappa shape index (κ1) is 16.7. The number of rotatable bonds is 6. The van der Waals surface area contributed by atoms with Crippen LogP contribution in [-0.4, -0.2) is 16.2 Å². The Morgan fingerprint density at radius 3 is 2.68 bits per heavy atom. The van der Waals surface area contributed by atoms with E-state index in [1.54, 1.807) is 0 Å². The molecule has 0 saturated heterocycles. The van der Waals surface area contributed by atoms with Gasteiger partial charge in [0.1, 0.15) is 6.73 Å². The van der Waals surface area contributed by atoms with Gasteiger partial charge in [-0.2, -0.15) is 0 Å². The molecule has 22 heavy (non-hydrogen) atoms. The van der Waals surface area contributed by atoms with Crippen LogP contribution in [0, 0.1) is 0 Å². The normalized spacial score (nSPS) is 10.9. The first-order chi connectivity index (χ1) is 10.6. The van der Waals surface area contributed by atoms with Crippen molar-refractivity contribution >= 4 is 15.9 Å². The molecular formula is C16H19BrN2O3. The predicted octanol–water partition coefficient (Wildman–Crippen LogP) is 2.45. The van der Waals surface area contributed by atoms with E-state index >= 15 is 0 Å². The highest BCUT2D eigenvalue weighted by molar-refractivity contribution is 9.10. The Labute approximate surface area is 137 Å². The van der Waals surface area contributed by atoms with Crippen LogP contribution in [0.1, 0.15) is 30.7 Å². The molecule has 0 bridgehead atoms. The zero-order valence-electron chi connectivity index (χ0n) is 12.7. The van der Waals surface area contributed by atoms with E-state index < -0.39 is 5.69 Å². The standard InChI is InChI=1S/C16H19BrN2O3/c1-3-13-14(9-11-6-5-7-12(17)8-11)19(10-22-4-2)16(21)18-15(13)20/h5-8H,3-4,9-10H2,1-2H3,(H,18,20,21). The summed E-state index contributed by atoms with van der Waals surface area (Å²) in [5.41, 5.74) is 1.62. The highest BCUT2D eigenvalue weighted by atomic mass is 79.9. The molecule has 1 aromatic heterocycles. The van der Waals surface area contributed by atoms with Gasteiger partial charge in [0.05, 0.1) is 0 Å². The molecule has 0 unspecified atom stereocenters. The van der Waals surface area contributed by atoms with Crippen LogP contribution >= 0.6 is 15.9 Å². The Kier molecular flexibility index (Phi) is 5.74. The van der Waals surface area contributed by atoms with Crippen molar-refractivity contribution in [2.45, 2.75) is 33.4 Å². The van der Waals surface area contributed by atoms with E-state index in [2.05, 4.69) is 20.9 Å². The molecule has 2 aromatic rings. The number of nitrogens with one attached hydrogen (secondary N) is 1. The molecule has 6 heteroatoms. The fourth-order valence-corrected chi connectivity index (χ4v) is 2.83. The Morgan fingerprint density at radius 1 is 1.27 bits per heavy atom. The van der Waals surface area contributed by atoms with Gasteiger partial charge in [-0.25, -0.2) is 4.79 Å². The van der Waals surface area contributed by atoms with Crippen molar-refractivity contribution in [2.24, 2.45) is 0 Å². The number of aromatic amines is 1. The summed E-state index contributed by atoms with van der Waals surface area (Å²) < 4.78 is 7.84. The van der Waals surface area contributed by atoms with Crippen molar-refractivity contribution in [1.82, 2.24) is 9.55 Å². The van der Waals surface area contributed by atoms with Gasteiger partial charge in [-0.3, -0.25) is 14.3 Å². The summed E-state index contributed by atoms with van der Waals surface area (Å²) in [6.45, 7) is 4.42. The number of hydrogen-bond donors (Lipinski definition) is 1. The van der Waals surface area contributed by atoms with E-state index in [1.807, 2.05) is 38.1 Å². The second-order valence-electron chi connectivity index (χ2n) is 4.89. The molecule has 0 fully saturated rings. The number of ether oxygens (including phenoxy) is 1. The van der Waals surface area contributed by atoms with Crippen molar-refractivity contribution in [3.63, 3.8) is 0 Å². The lowest BCUT2D eigenvalue weighted by Gasteiger charge is -2.15. The Bertz CT molecular complexity index is 765. The summed E-state index contributed by atoms with van der Waals surface area (Å²) in [5.74, 6) is 0. The lowest BCUT2D eigenvalue weighted by atomic mass is 10.0. The van der Waals surface area contributed by atoms with E-state index in [9.17, 15) is 9.59 Å². The maximum Gasteiger partial charge on any atom is 0.330 e. The SMILES string of the molecule is CCOCn1c(Cc2cccc(Br)c2)c(CC)c(=O)[nH]c1=O. The molecule has 0 atom stereocenters. The summed E-state index contributed by atoms with van der Waals surface area (Å²) in [4.78, 5) is 26.5. The number of halogens is 1. The molecule has 118 valence electrons. The fraction of sp³-hybridized carbons (Fsp3) is 0.375. The highest BCUT2D eigenvalue weighted by Crippen LogP contribution is 2.16. The number of benzene rings is 1. The molecule has 1 aromatic carbocycles. The molecule has 0 saturated carbocycles. The van der Waals surface area contributed by atoms with Crippen LogP contribution in [0.5, 0.6) is 0 Å². The average molecular weight is 367 g/mol. The van der Waals surface area contributed by atoms with Crippen LogP contribution < -0.4 is 11.2 Å². The van der Waals surface area contributed by atoms with Gasteiger partial charge in [0, 0.05) is 28.8 Å². The summed E-state index contributed by atoms with van der Waals surface area (Å²) in [5, 5.41) is 0. The van der Waals surface area contributed by atoms with E-state index in [0.717, 1.165) is 10.0 Å². The second-order valence-corrected chi connectivity index (χ2v) is 5.81. The average Bonchev–Trinajstić information content (AvgIpc) is 2.47. The molecule has 0 spiro atoms. The third-order valence-corrected chi connectivity index (χ3v) is 3.95. The van der Waals surface area contributed by atoms with Crippen molar-refractivity contribution in [2.75, 3.05) is 6.61 Å². The van der Waals surface area contributed by atoms with Crippen molar-refractivity contribution in [1.29, 1.82) is 0 Å². The van der Waals surface area contributed by atoms with Crippen molar-refractivity contribution in [3.05, 3.63) is 66.4 Å². The molecule has 0 aliphatic heterocycles. The third-order valence-electron chi connectivity index (χ3n) is 3.45. The van der Waals surface area contributed by atoms with Crippen LogP contribution in [0.2, 0.25) is 0 Å². The van der Waals surface area contributed by atoms with Gasteiger partial charge >= 0.3 is 5.69 Å². The monoisotopic (exact) mass is 366 g/mol. The van der Waals surface area contributed by atoms with Gasteiger partial charge in [-0.1, -0.05) is 35.0 Å². The summed E-state index contributed by atoms with van der Waals surface area (Å²) in [6, 6.07) is 7.83. The fourth-order valence-electron chi connectivity index (χ4n) is 2.38. The lowest BCUT2D eigenvalue weighted by molar-refractivity contribution is 0.0822. The van der Waals surface area contributed by atoms with Crippen molar-refractivity contribution < 1.29 is 4.74 Å². The van der Waals surface area contributed by atoms with Gasteiger partial charge in [-0.15, -0.1) is 0 Å². The van der Waals surface area contributed by atoms with E-state index in [-0.39, 0.29) is 12.3 Å². The lowest BCUT2D eigenvalue weighted by Crippen LogP contribution is -2.36. The van der Waals surface area contributed by atoms with Gasteiger partial charge in [0.25, 0.3) is 5.56 Å². The molecule has 0 aliphatic rings. The van der Waals surface area contributed by atoms with Gasteiger partial charge < -0.3 is 4.74 Å². The number of aromatic nitrogens is 2. The van der Waals surface area contributed by atoms with Crippen molar-refractivity contribution in [3.8, 4) is 0 Å². The highest BCUT2D eigenvalue weighted by Gasteiger charge is 2.14. The minimum Gasteiger partial charge on any atom is -0.361 e.